The highest BCUT2D eigenvalue weighted by Gasteiger charge is 2.22. The molecule has 1 heterocycles. The molecule has 17 heavy (non-hydrogen) atoms. The second-order valence-electron chi connectivity index (χ2n) is 4.80. The predicted molar refractivity (Wildman–Crippen MR) is 75.8 cm³/mol. The molecule has 2 unspecified atom stereocenters. The van der Waals surface area contributed by atoms with Gasteiger partial charge in [-0.3, -0.25) is 0 Å². The molecule has 1 aromatic rings. The number of halogens is 1. The van der Waals surface area contributed by atoms with Crippen molar-refractivity contribution in [3.05, 3.63) is 21.3 Å². The van der Waals surface area contributed by atoms with E-state index in [1.54, 1.807) is 11.3 Å². The van der Waals surface area contributed by atoms with Crippen LogP contribution in [0, 0.1) is 5.92 Å². The fraction of sp³-hybridized carbons (Fsp3) is 0.692. The Labute approximate surface area is 113 Å². The van der Waals surface area contributed by atoms with E-state index in [0.717, 1.165) is 23.8 Å². The molecule has 0 saturated heterocycles. The second kappa shape index (κ2) is 6.74. The number of nitrogens with one attached hydrogen (secondary N) is 1. The molecular weight excluding hydrogens is 252 g/mol. The second-order valence-corrected chi connectivity index (χ2v) is 6.60. The molecule has 0 spiro atoms. The van der Waals surface area contributed by atoms with Gasteiger partial charge in [-0.25, -0.2) is 0 Å². The van der Waals surface area contributed by atoms with Crippen molar-refractivity contribution >= 4 is 22.9 Å². The number of nitrogens with two attached hydrogens (primary N) is 1. The van der Waals surface area contributed by atoms with Gasteiger partial charge in [0.15, 0.2) is 0 Å². The molecule has 0 radical (unpaired) electrons. The van der Waals surface area contributed by atoms with Crippen molar-refractivity contribution < 1.29 is 0 Å². The molecular formula is C13H21ClN2S. The molecule has 1 fully saturated rings. The standard InChI is InChI=1S/C13H21ClN2S/c14-13-6-5-11(17-13)7-8-16-12-4-2-1-3-10(12)9-15/h5-6,10,12,16H,1-4,7-9,15H2. The van der Waals surface area contributed by atoms with E-state index in [4.69, 9.17) is 17.3 Å². The Hall–Kier alpha value is -0.0900. The van der Waals surface area contributed by atoms with E-state index in [2.05, 4.69) is 11.4 Å². The quantitative estimate of drug-likeness (QED) is 0.865. The molecule has 1 aliphatic rings. The molecule has 2 nitrogen and oxygen atoms in total. The lowest BCUT2D eigenvalue weighted by atomic mass is 9.84. The van der Waals surface area contributed by atoms with Gasteiger partial charge < -0.3 is 11.1 Å². The maximum absolute atomic E-state index is 5.92. The maximum atomic E-state index is 5.92. The lowest BCUT2D eigenvalue weighted by Crippen LogP contribution is -2.42. The van der Waals surface area contributed by atoms with Crippen LogP contribution in [0.1, 0.15) is 30.6 Å². The van der Waals surface area contributed by atoms with Crippen molar-refractivity contribution in [2.24, 2.45) is 11.7 Å². The summed E-state index contributed by atoms with van der Waals surface area (Å²) in [6, 6.07) is 4.73. The molecule has 96 valence electrons. The maximum Gasteiger partial charge on any atom is 0.0931 e. The molecule has 0 bridgehead atoms. The third-order valence-electron chi connectivity index (χ3n) is 3.62. The number of hydrogen-bond donors (Lipinski definition) is 2. The highest BCUT2D eigenvalue weighted by molar-refractivity contribution is 7.16. The third-order valence-corrected chi connectivity index (χ3v) is 4.91. The zero-order valence-electron chi connectivity index (χ0n) is 10.1. The first kappa shape index (κ1) is 13.3. The molecule has 1 aliphatic carbocycles. The smallest absolute Gasteiger partial charge is 0.0931 e. The van der Waals surface area contributed by atoms with Crippen LogP contribution >= 0.6 is 22.9 Å². The Morgan fingerprint density at radius 3 is 2.88 bits per heavy atom. The summed E-state index contributed by atoms with van der Waals surface area (Å²) in [6.45, 7) is 1.86. The van der Waals surface area contributed by atoms with Crippen molar-refractivity contribution in [2.75, 3.05) is 13.1 Å². The molecule has 0 aliphatic heterocycles. The van der Waals surface area contributed by atoms with Crippen LogP contribution in [-0.4, -0.2) is 19.1 Å². The van der Waals surface area contributed by atoms with Gasteiger partial charge in [0.05, 0.1) is 4.34 Å². The number of hydrogen-bond acceptors (Lipinski definition) is 3. The van der Waals surface area contributed by atoms with Crippen LogP contribution in [-0.2, 0) is 6.42 Å². The van der Waals surface area contributed by atoms with Gasteiger partial charge in [-0.15, -0.1) is 11.3 Å². The van der Waals surface area contributed by atoms with Crippen molar-refractivity contribution in [3.63, 3.8) is 0 Å². The van der Waals surface area contributed by atoms with Crippen LogP contribution < -0.4 is 11.1 Å². The first-order valence-corrected chi connectivity index (χ1v) is 7.66. The number of thiophene rings is 1. The Morgan fingerprint density at radius 2 is 2.18 bits per heavy atom. The van der Waals surface area contributed by atoms with E-state index in [1.807, 2.05) is 6.07 Å². The average Bonchev–Trinajstić information content (AvgIpc) is 2.76. The van der Waals surface area contributed by atoms with Crippen LogP contribution in [0.25, 0.3) is 0 Å². The van der Waals surface area contributed by atoms with Crippen LogP contribution in [0.15, 0.2) is 12.1 Å². The third kappa shape index (κ3) is 3.95. The fourth-order valence-corrected chi connectivity index (χ4v) is 3.71. The van der Waals surface area contributed by atoms with E-state index in [1.165, 1.54) is 30.6 Å². The Balaban J connectivity index is 1.73. The molecule has 1 aromatic heterocycles. The molecule has 3 N–H and O–H groups in total. The lowest BCUT2D eigenvalue weighted by Gasteiger charge is -2.31. The van der Waals surface area contributed by atoms with Gasteiger partial charge in [0, 0.05) is 17.5 Å². The monoisotopic (exact) mass is 272 g/mol. The Kier molecular flexibility index (Phi) is 5.29. The van der Waals surface area contributed by atoms with Crippen molar-refractivity contribution in [2.45, 2.75) is 38.1 Å². The molecule has 0 aromatic carbocycles. The van der Waals surface area contributed by atoms with Gasteiger partial charge >= 0.3 is 0 Å². The Bertz CT molecular complexity index is 340. The largest absolute Gasteiger partial charge is 0.330 e. The van der Waals surface area contributed by atoms with Crippen LogP contribution in [0.5, 0.6) is 0 Å². The molecule has 4 heteroatoms. The van der Waals surface area contributed by atoms with Crippen LogP contribution in [0.3, 0.4) is 0 Å². The van der Waals surface area contributed by atoms with Gasteiger partial charge in [-0.05, 0) is 43.9 Å². The minimum atomic E-state index is 0.629. The SMILES string of the molecule is NCC1CCCCC1NCCc1ccc(Cl)s1. The lowest BCUT2D eigenvalue weighted by molar-refractivity contribution is 0.269. The van der Waals surface area contributed by atoms with E-state index >= 15 is 0 Å². The van der Waals surface area contributed by atoms with Crippen LogP contribution in [0.4, 0.5) is 0 Å². The van der Waals surface area contributed by atoms with Crippen molar-refractivity contribution in [3.8, 4) is 0 Å². The molecule has 2 atom stereocenters. The molecule has 2 rings (SSSR count). The summed E-state index contributed by atoms with van der Waals surface area (Å²) < 4.78 is 0.887. The molecule has 0 amide bonds. The summed E-state index contributed by atoms with van der Waals surface area (Å²) in [5, 5.41) is 3.66. The summed E-state index contributed by atoms with van der Waals surface area (Å²) >= 11 is 7.60. The van der Waals surface area contributed by atoms with E-state index in [9.17, 15) is 0 Å². The van der Waals surface area contributed by atoms with Gasteiger partial charge in [-0.1, -0.05) is 24.4 Å². The average molecular weight is 273 g/mol. The highest BCUT2D eigenvalue weighted by atomic mass is 35.5. The van der Waals surface area contributed by atoms with Gasteiger partial charge in [0.1, 0.15) is 0 Å². The topological polar surface area (TPSA) is 38.0 Å². The molecule has 1 saturated carbocycles. The summed E-state index contributed by atoms with van der Waals surface area (Å²) in [5.74, 6) is 0.677. The first-order chi connectivity index (χ1) is 8.29. The van der Waals surface area contributed by atoms with Crippen LogP contribution in [0.2, 0.25) is 4.34 Å². The van der Waals surface area contributed by atoms with E-state index in [0.29, 0.717) is 12.0 Å². The Morgan fingerprint density at radius 1 is 1.35 bits per heavy atom. The zero-order chi connectivity index (χ0) is 12.1. The van der Waals surface area contributed by atoms with E-state index in [-0.39, 0.29) is 0 Å². The summed E-state index contributed by atoms with van der Waals surface area (Å²) in [7, 11) is 0. The summed E-state index contributed by atoms with van der Waals surface area (Å²) in [5.41, 5.74) is 5.82. The normalized spacial score (nSPS) is 25.1. The first-order valence-electron chi connectivity index (χ1n) is 6.47. The van der Waals surface area contributed by atoms with Gasteiger partial charge in [0.25, 0.3) is 0 Å². The highest BCUT2D eigenvalue weighted by Crippen LogP contribution is 2.24. The minimum Gasteiger partial charge on any atom is -0.330 e. The zero-order valence-corrected chi connectivity index (χ0v) is 11.7. The predicted octanol–water partition coefficient (Wildman–Crippen LogP) is 3.05. The summed E-state index contributed by atoms with van der Waals surface area (Å²) in [4.78, 5) is 1.36. The fourth-order valence-electron chi connectivity index (χ4n) is 2.63. The summed E-state index contributed by atoms with van der Waals surface area (Å²) in [6.07, 6.45) is 6.34. The van der Waals surface area contributed by atoms with Gasteiger partial charge in [0.2, 0.25) is 0 Å². The van der Waals surface area contributed by atoms with Gasteiger partial charge in [-0.2, -0.15) is 0 Å². The number of rotatable bonds is 5. The minimum absolute atomic E-state index is 0.629. The van der Waals surface area contributed by atoms with Crippen molar-refractivity contribution in [1.82, 2.24) is 5.32 Å². The van der Waals surface area contributed by atoms with E-state index < -0.39 is 0 Å². The van der Waals surface area contributed by atoms with Crippen molar-refractivity contribution in [1.29, 1.82) is 0 Å².